The molecule has 0 fully saturated rings. The van der Waals surface area contributed by atoms with Gasteiger partial charge < -0.3 is 11.1 Å². The molecule has 2 aromatic carbocycles. The second kappa shape index (κ2) is 9.44. The Bertz CT molecular complexity index is 973. The van der Waals surface area contributed by atoms with Gasteiger partial charge in [-0.2, -0.15) is 26.3 Å². The smallest absolute Gasteiger partial charge is 0.368 e. The van der Waals surface area contributed by atoms with E-state index in [9.17, 15) is 35.9 Å². The van der Waals surface area contributed by atoms with Gasteiger partial charge in [-0.1, -0.05) is 45.0 Å². The number of nitrogens with one attached hydrogen (secondary N) is 1. The van der Waals surface area contributed by atoms with Crippen LogP contribution in [0.2, 0.25) is 0 Å². The molecule has 0 aliphatic rings. The molecule has 0 aliphatic heterocycles. The lowest BCUT2D eigenvalue weighted by Crippen LogP contribution is -2.46. The SMILES string of the molecule is CC(C)(C)c1ccc(C[C@H](NC(=O)Cc2cc(C(F)(F)F)cc(C(F)(F)F)c2)C(N)=O)cc1. The maximum Gasteiger partial charge on any atom is 0.416 e. The Morgan fingerprint density at radius 3 is 1.70 bits per heavy atom. The van der Waals surface area contributed by atoms with Crippen molar-refractivity contribution in [2.75, 3.05) is 0 Å². The first-order chi connectivity index (χ1) is 15.0. The largest absolute Gasteiger partial charge is 0.416 e. The zero-order valence-corrected chi connectivity index (χ0v) is 18.2. The summed E-state index contributed by atoms with van der Waals surface area (Å²) in [6, 6.07) is 6.96. The minimum Gasteiger partial charge on any atom is -0.368 e. The lowest BCUT2D eigenvalue weighted by Gasteiger charge is -2.20. The number of benzene rings is 2. The van der Waals surface area contributed by atoms with Crippen molar-refractivity contribution in [3.63, 3.8) is 0 Å². The topological polar surface area (TPSA) is 72.2 Å². The Balaban J connectivity index is 2.19. The van der Waals surface area contributed by atoms with E-state index in [1.54, 1.807) is 12.1 Å². The Morgan fingerprint density at radius 2 is 1.30 bits per heavy atom. The molecule has 2 aromatic rings. The third kappa shape index (κ3) is 7.50. The minimum atomic E-state index is -5.03. The summed E-state index contributed by atoms with van der Waals surface area (Å²) in [5.74, 6) is -1.82. The average Bonchev–Trinajstić information content (AvgIpc) is 2.65. The lowest BCUT2D eigenvalue weighted by atomic mass is 9.86. The van der Waals surface area contributed by atoms with Crippen LogP contribution in [0.5, 0.6) is 0 Å². The van der Waals surface area contributed by atoms with Gasteiger partial charge in [0.05, 0.1) is 17.5 Å². The standard InChI is InChI=1S/C23H24F6N2O2/c1-21(2,3)15-6-4-13(5-7-15)10-18(20(30)33)31-19(32)11-14-8-16(22(24,25)26)12-17(9-14)23(27,28)29/h4-9,12,18H,10-11H2,1-3H3,(H2,30,33)(H,31,32)/t18-/m0/s1. The van der Waals surface area contributed by atoms with Gasteiger partial charge in [0.1, 0.15) is 6.04 Å². The summed E-state index contributed by atoms with van der Waals surface area (Å²) in [7, 11) is 0. The number of carbonyl (C=O) groups excluding carboxylic acids is 2. The van der Waals surface area contributed by atoms with Crippen LogP contribution >= 0.6 is 0 Å². The third-order valence-corrected chi connectivity index (χ3v) is 4.95. The van der Waals surface area contributed by atoms with Crippen LogP contribution in [-0.2, 0) is 40.2 Å². The predicted molar refractivity (Wildman–Crippen MR) is 110 cm³/mol. The van der Waals surface area contributed by atoms with Crippen molar-refractivity contribution in [1.82, 2.24) is 5.32 Å². The molecule has 0 heterocycles. The molecule has 3 N–H and O–H groups in total. The third-order valence-electron chi connectivity index (χ3n) is 4.95. The van der Waals surface area contributed by atoms with Crippen molar-refractivity contribution in [3.8, 4) is 0 Å². The molecule has 0 saturated carbocycles. The van der Waals surface area contributed by atoms with Crippen molar-refractivity contribution in [1.29, 1.82) is 0 Å². The van der Waals surface area contributed by atoms with Crippen LogP contribution in [0.15, 0.2) is 42.5 Å². The molecule has 0 aliphatic carbocycles. The summed E-state index contributed by atoms with van der Waals surface area (Å²) >= 11 is 0. The first-order valence-corrected chi connectivity index (χ1v) is 9.93. The summed E-state index contributed by atoms with van der Waals surface area (Å²) in [4.78, 5) is 24.1. The van der Waals surface area contributed by atoms with E-state index in [1.165, 1.54) is 0 Å². The highest BCUT2D eigenvalue weighted by molar-refractivity contribution is 5.87. The van der Waals surface area contributed by atoms with Crippen LogP contribution in [0.1, 0.15) is 48.6 Å². The lowest BCUT2D eigenvalue weighted by molar-refractivity contribution is -0.143. The fourth-order valence-electron chi connectivity index (χ4n) is 3.15. The molecule has 0 saturated heterocycles. The van der Waals surface area contributed by atoms with Gasteiger partial charge in [0, 0.05) is 6.42 Å². The first kappa shape index (κ1) is 26.2. The van der Waals surface area contributed by atoms with Crippen molar-refractivity contribution in [3.05, 3.63) is 70.3 Å². The Kier molecular flexibility index (Phi) is 7.50. The molecular weight excluding hydrogens is 450 g/mol. The number of hydrogen-bond acceptors (Lipinski definition) is 2. The van der Waals surface area contributed by atoms with E-state index >= 15 is 0 Å². The normalized spacial score (nSPS) is 13.5. The molecule has 10 heteroatoms. The van der Waals surface area contributed by atoms with E-state index < -0.39 is 53.3 Å². The number of amides is 2. The number of halogens is 6. The van der Waals surface area contributed by atoms with E-state index in [0.717, 1.165) is 5.56 Å². The van der Waals surface area contributed by atoms with Gasteiger partial charge in [0.15, 0.2) is 0 Å². The first-order valence-electron chi connectivity index (χ1n) is 9.93. The van der Waals surface area contributed by atoms with E-state index in [0.29, 0.717) is 17.7 Å². The summed E-state index contributed by atoms with van der Waals surface area (Å²) in [5.41, 5.74) is 3.41. The molecule has 0 spiro atoms. The Hall–Kier alpha value is -3.04. The maximum absolute atomic E-state index is 13.0. The Morgan fingerprint density at radius 1 is 0.818 bits per heavy atom. The zero-order valence-electron chi connectivity index (χ0n) is 18.2. The molecule has 0 radical (unpaired) electrons. The van der Waals surface area contributed by atoms with E-state index in [2.05, 4.69) is 5.32 Å². The van der Waals surface area contributed by atoms with Gasteiger partial charge in [0.25, 0.3) is 0 Å². The van der Waals surface area contributed by atoms with Crippen molar-refractivity contribution >= 4 is 11.8 Å². The fraction of sp³-hybridized carbons (Fsp3) is 0.391. The molecule has 0 aromatic heterocycles. The van der Waals surface area contributed by atoms with Crippen molar-refractivity contribution in [2.45, 2.75) is 57.4 Å². The molecule has 33 heavy (non-hydrogen) atoms. The van der Waals surface area contributed by atoms with Crippen LogP contribution in [-0.4, -0.2) is 17.9 Å². The molecule has 4 nitrogen and oxygen atoms in total. The number of alkyl halides is 6. The highest BCUT2D eigenvalue weighted by atomic mass is 19.4. The van der Waals surface area contributed by atoms with Gasteiger partial charge in [0.2, 0.25) is 11.8 Å². The second-order valence-corrected chi connectivity index (χ2v) is 8.76. The van der Waals surface area contributed by atoms with E-state index in [1.807, 2.05) is 32.9 Å². The van der Waals surface area contributed by atoms with Crippen molar-refractivity contribution in [2.24, 2.45) is 5.73 Å². The van der Waals surface area contributed by atoms with Crippen LogP contribution in [0.4, 0.5) is 26.3 Å². The van der Waals surface area contributed by atoms with Crippen LogP contribution < -0.4 is 11.1 Å². The number of primary amides is 1. The van der Waals surface area contributed by atoms with Crippen LogP contribution in [0, 0.1) is 0 Å². The molecule has 2 amide bonds. The monoisotopic (exact) mass is 474 g/mol. The average molecular weight is 474 g/mol. The number of nitrogens with two attached hydrogens (primary N) is 1. The highest BCUT2D eigenvalue weighted by Crippen LogP contribution is 2.36. The van der Waals surface area contributed by atoms with Crippen molar-refractivity contribution < 1.29 is 35.9 Å². The number of carbonyl (C=O) groups is 2. The summed E-state index contributed by atoms with van der Waals surface area (Å²) in [6.45, 7) is 6.06. The maximum atomic E-state index is 13.0. The van der Waals surface area contributed by atoms with E-state index in [4.69, 9.17) is 5.73 Å². The minimum absolute atomic E-state index is 0.0158. The molecule has 0 bridgehead atoms. The molecule has 180 valence electrons. The molecule has 1 atom stereocenters. The van der Waals surface area contributed by atoms with Gasteiger partial charge in [-0.25, -0.2) is 0 Å². The second-order valence-electron chi connectivity index (χ2n) is 8.76. The molecule has 2 rings (SSSR count). The fourth-order valence-corrected chi connectivity index (χ4v) is 3.15. The van der Waals surface area contributed by atoms with Gasteiger partial charge in [-0.3, -0.25) is 9.59 Å². The molecule has 0 unspecified atom stereocenters. The summed E-state index contributed by atoms with van der Waals surface area (Å²) in [6.07, 6.45) is -10.8. The summed E-state index contributed by atoms with van der Waals surface area (Å²) in [5, 5.41) is 2.30. The van der Waals surface area contributed by atoms with Gasteiger partial charge in [-0.05, 0) is 40.3 Å². The quantitative estimate of drug-likeness (QED) is 0.592. The van der Waals surface area contributed by atoms with Crippen LogP contribution in [0.3, 0.4) is 0 Å². The van der Waals surface area contributed by atoms with Gasteiger partial charge in [-0.15, -0.1) is 0 Å². The number of hydrogen-bond donors (Lipinski definition) is 2. The van der Waals surface area contributed by atoms with Gasteiger partial charge >= 0.3 is 12.4 Å². The molecular formula is C23H24F6N2O2. The summed E-state index contributed by atoms with van der Waals surface area (Å²) < 4.78 is 78.0. The number of rotatable bonds is 6. The highest BCUT2D eigenvalue weighted by Gasteiger charge is 2.37. The Labute approximate surface area is 187 Å². The zero-order chi connectivity index (χ0) is 25.2. The van der Waals surface area contributed by atoms with Crippen LogP contribution in [0.25, 0.3) is 0 Å². The predicted octanol–water partition coefficient (Wildman–Crippen LogP) is 4.78. The van der Waals surface area contributed by atoms with E-state index in [-0.39, 0.29) is 17.9 Å².